The largest absolute Gasteiger partial charge is 0.321 e. The summed E-state index contributed by atoms with van der Waals surface area (Å²) in [4.78, 5) is 15.8. The molecule has 1 heterocycles. The number of nitriles is 1. The summed E-state index contributed by atoms with van der Waals surface area (Å²) >= 11 is 0. The van der Waals surface area contributed by atoms with Gasteiger partial charge in [-0.15, -0.1) is 0 Å². The number of para-hydroxylation sites is 1. The Bertz CT molecular complexity index is 642. The summed E-state index contributed by atoms with van der Waals surface area (Å²) in [6.45, 7) is 0. The number of rotatable bonds is 3. The van der Waals surface area contributed by atoms with Gasteiger partial charge in [0.05, 0.1) is 16.9 Å². The minimum absolute atomic E-state index is 0.298. The second kappa shape index (κ2) is 6.12. The van der Waals surface area contributed by atoms with E-state index in [4.69, 9.17) is 5.26 Å². The number of anilines is 1. The summed E-state index contributed by atoms with van der Waals surface area (Å²) in [7, 11) is 0. The number of hydrogen-bond donors (Lipinski definition) is 1. The number of amides is 1. The van der Waals surface area contributed by atoms with E-state index in [1.165, 1.54) is 6.08 Å². The van der Waals surface area contributed by atoms with E-state index in [0.717, 1.165) is 0 Å². The molecule has 1 amide bonds. The Morgan fingerprint density at radius 2 is 2.00 bits per heavy atom. The second-order valence-corrected chi connectivity index (χ2v) is 3.73. The molecule has 0 radical (unpaired) electrons. The van der Waals surface area contributed by atoms with Crippen LogP contribution in [0.15, 0.2) is 54.7 Å². The van der Waals surface area contributed by atoms with Gasteiger partial charge in [0.25, 0.3) is 0 Å². The van der Waals surface area contributed by atoms with Crippen molar-refractivity contribution in [2.24, 2.45) is 0 Å². The highest BCUT2D eigenvalue weighted by Crippen LogP contribution is 2.13. The van der Waals surface area contributed by atoms with Gasteiger partial charge < -0.3 is 5.32 Å². The zero-order chi connectivity index (χ0) is 13.5. The van der Waals surface area contributed by atoms with Crippen LogP contribution in [0, 0.1) is 11.3 Å². The van der Waals surface area contributed by atoms with Gasteiger partial charge in [-0.3, -0.25) is 9.78 Å². The number of carbonyl (C=O) groups is 1. The van der Waals surface area contributed by atoms with Crippen molar-refractivity contribution in [3.63, 3.8) is 0 Å². The van der Waals surface area contributed by atoms with Crippen LogP contribution in [0.3, 0.4) is 0 Å². The van der Waals surface area contributed by atoms with Crippen LogP contribution >= 0.6 is 0 Å². The zero-order valence-corrected chi connectivity index (χ0v) is 10.1. The van der Waals surface area contributed by atoms with Gasteiger partial charge in [0.1, 0.15) is 6.07 Å². The normalized spacial score (nSPS) is 10.1. The Hall–Kier alpha value is -2.93. The average molecular weight is 249 g/mol. The summed E-state index contributed by atoms with van der Waals surface area (Å²) in [5.74, 6) is -0.298. The summed E-state index contributed by atoms with van der Waals surface area (Å²) in [5.41, 5.74) is 1.63. The number of nitrogens with one attached hydrogen (secondary N) is 1. The maximum Gasteiger partial charge on any atom is 0.248 e. The first-order chi connectivity index (χ1) is 9.29. The number of carbonyl (C=O) groups excluding carboxylic acids is 1. The first kappa shape index (κ1) is 12.5. The van der Waals surface area contributed by atoms with E-state index in [0.29, 0.717) is 16.9 Å². The summed E-state index contributed by atoms with van der Waals surface area (Å²) in [6.07, 6.45) is 4.66. The Balaban J connectivity index is 2.06. The monoisotopic (exact) mass is 249 g/mol. The van der Waals surface area contributed by atoms with Gasteiger partial charge in [0.2, 0.25) is 5.91 Å². The van der Waals surface area contributed by atoms with Crippen molar-refractivity contribution >= 4 is 17.7 Å². The molecule has 0 aliphatic rings. The summed E-state index contributed by atoms with van der Waals surface area (Å²) in [6, 6.07) is 14.3. The van der Waals surface area contributed by atoms with Crippen LogP contribution in [0.1, 0.15) is 11.3 Å². The third-order valence-electron chi connectivity index (χ3n) is 2.40. The second-order valence-electron chi connectivity index (χ2n) is 3.73. The van der Waals surface area contributed by atoms with Crippen molar-refractivity contribution in [3.8, 4) is 6.07 Å². The maximum atomic E-state index is 11.7. The zero-order valence-electron chi connectivity index (χ0n) is 10.1. The smallest absolute Gasteiger partial charge is 0.248 e. The van der Waals surface area contributed by atoms with Crippen LogP contribution in [-0.4, -0.2) is 10.9 Å². The highest BCUT2D eigenvalue weighted by atomic mass is 16.1. The molecule has 0 atom stereocenters. The van der Waals surface area contributed by atoms with Gasteiger partial charge in [-0.1, -0.05) is 18.2 Å². The number of benzene rings is 1. The fraction of sp³-hybridized carbons (Fsp3) is 0. The molecule has 4 heteroatoms. The van der Waals surface area contributed by atoms with Crippen molar-refractivity contribution in [3.05, 3.63) is 66.0 Å². The number of aromatic nitrogens is 1. The maximum absolute atomic E-state index is 11.7. The molecule has 1 N–H and O–H groups in total. The first-order valence-corrected chi connectivity index (χ1v) is 5.69. The van der Waals surface area contributed by atoms with E-state index in [9.17, 15) is 4.79 Å². The lowest BCUT2D eigenvalue weighted by Crippen LogP contribution is -2.08. The molecule has 0 fully saturated rings. The van der Waals surface area contributed by atoms with E-state index in [2.05, 4.69) is 10.3 Å². The van der Waals surface area contributed by atoms with Crippen molar-refractivity contribution in [1.29, 1.82) is 5.26 Å². The molecular formula is C15H11N3O. The molecule has 0 aliphatic carbocycles. The molecule has 0 spiro atoms. The van der Waals surface area contributed by atoms with Gasteiger partial charge in [-0.05, 0) is 30.3 Å². The molecule has 0 saturated heterocycles. The number of pyridine rings is 1. The van der Waals surface area contributed by atoms with Crippen LogP contribution < -0.4 is 5.32 Å². The summed E-state index contributed by atoms with van der Waals surface area (Å²) < 4.78 is 0. The van der Waals surface area contributed by atoms with E-state index >= 15 is 0 Å². The van der Waals surface area contributed by atoms with Gasteiger partial charge in [0, 0.05) is 12.3 Å². The topological polar surface area (TPSA) is 65.8 Å². The van der Waals surface area contributed by atoms with E-state index < -0.39 is 0 Å². The van der Waals surface area contributed by atoms with Crippen LogP contribution in [0.5, 0.6) is 0 Å². The lowest BCUT2D eigenvalue weighted by Gasteiger charge is -2.03. The molecule has 4 nitrogen and oxygen atoms in total. The van der Waals surface area contributed by atoms with Gasteiger partial charge >= 0.3 is 0 Å². The highest BCUT2D eigenvalue weighted by molar-refractivity contribution is 6.02. The van der Waals surface area contributed by atoms with E-state index in [1.807, 2.05) is 12.1 Å². The summed E-state index contributed by atoms with van der Waals surface area (Å²) in [5, 5.41) is 11.6. The molecule has 0 unspecified atom stereocenters. The first-order valence-electron chi connectivity index (χ1n) is 5.69. The standard InChI is InChI=1S/C15H11N3O/c16-11-12-5-1-2-7-14(12)18-15(19)9-8-13-6-3-4-10-17-13/h1-10H,(H,18,19). The fourth-order valence-corrected chi connectivity index (χ4v) is 1.50. The van der Waals surface area contributed by atoms with Gasteiger partial charge in [-0.25, -0.2) is 0 Å². The molecule has 0 aliphatic heterocycles. The van der Waals surface area contributed by atoms with Crippen molar-refractivity contribution < 1.29 is 4.79 Å². The van der Waals surface area contributed by atoms with Crippen LogP contribution in [0.4, 0.5) is 5.69 Å². The molecule has 19 heavy (non-hydrogen) atoms. The lowest BCUT2D eigenvalue weighted by molar-refractivity contribution is -0.111. The molecule has 2 aromatic rings. The van der Waals surface area contributed by atoms with Gasteiger partial charge in [-0.2, -0.15) is 5.26 Å². The van der Waals surface area contributed by atoms with Crippen molar-refractivity contribution in [2.45, 2.75) is 0 Å². The quantitative estimate of drug-likeness (QED) is 0.850. The Morgan fingerprint density at radius 3 is 2.74 bits per heavy atom. The fourth-order valence-electron chi connectivity index (χ4n) is 1.50. The predicted octanol–water partition coefficient (Wildman–Crippen LogP) is 2.61. The number of nitrogens with zero attached hydrogens (tertiary/aromatic N) is 2. The Labute approximate surface area is 111 Å². The third-order valence-corrected chi connectivity index (χ3v) is 2.40. The molecule has 0 saturated carbocycles. The van der Waals surface area contributed by atoms with Crippen molar-refractivity contribution in [1.82, 2.24) is 4.98 Å². The van der Waals surface area contributed by atoms with Crippen LogP contribution in [-0.2, 0) is 4.79 Å². The number of hydrogen-bond acceptors (Lipinski definition) is 3. The predicted molar refractivity (Wildman–Crippen MR) is 73.1 cm³/mol. The Kier molecular flexibility index (Phi) is 4.04. The van der Waals surface area contributed by atoms with E-state index in [1.54, 1.807) is 48.7 Å². The highest BCUT2D eigenvalue weighted by Gasteiger charge is 2.02. The molecule has 1 aromatic carbocycles. The SMILES string of the molecule is N#Cc1ccccc1NC(=O)C=Cc1ccccn1. The molecule has 0 bridgehead atoms. The molecular weight excluding hydrogens is 238 g/mol. The molecule has 1 aromatic heterocycles. The third kappa shape index (κ3) is 3.51. The van der Waals surface area contributed by atoms with Crippen LogP contribution in [0.2, 0.25) is 0 Å². The minimum Gasteiger partial charge on any atom is -0.321 e. The average Bonchev–Trinajstić information content (AvgIpc) is 2.47. The van der Waals surface area contributed by atoms with Gasteiger partial charge in [0.15, 0.2) is 0 Å². The molecule has 2 rings (SSSR count). The van der Waals surface area contributed by atoms with Crippen LogP contribution in [0.25, 0.3) is 6.08 Å². The Morgan fingerprint density at radius 1 is 1.21 bits per heavy atom. The van der Waals surface area contributed by atoms with Crippen molar-refractivity contribution in [2.75, 3.05) is 5.32 Å². The minimum atomic E-state index is -0.298. The lowest BCUT2D eigenvalue weighted by atomic mass is 10.2. The molecule has 92 valence electrons. The van der Waals surface area contributed by atoms with E-state index in [-0.39, 0.29) is 5.91 Å².